The van der Waals surface area contributed by atoms with Gasteiger partial charge in [-0.1, -0.05) is 65.4 Å². The van der Waals surface area contributed by atoms with Crippen LogP contribution < -0.4 is 0 Å². The van der Waals surface area contributed by atoms with E-state index in [0.29, 0.717) is 25.8 Å². The summed E-state index contributed by atoms with van der Waals surface area (Å²) in [5, 5.41) is 29.3. The van der Waals surface area contributed by atoms with E-state index in [1.807, 2.05) is 26.8 Å². The largest absolute Gasteiger partial charge is 0.481 e. The number of carbonyl (C=O) groups is 3. The van der Waals surface area contributed by atoms with E-state index in [2.05, 4.69) is 6.58 Å². The van der Waals surface area contributed by atoms with Crippen molar-refractivity contribution in [1.29, 1.82) is 0 Å². The van der Waals surface area contributed by atoms with Crippen molar-refractivity contribution < 1.29 is 34.2 Å². The van der Waals surface area contributed by atoms with Gasteiger partial charge in [0, 0.05) is 0 Å². The Morgan fingerprint density at radius 3 is 1.23 bits per heavy atom. The molecule has 3 atom stereocenters. The average molecular weight is 499 g/mol. The van der Waals surface area contributed by atoms with Crippen molar-refractivity contribution in [1.82, 2.24) is 0 Å². The molecule has 3 N–H and O–H groups in total. The molecule has 7 heteroatoms. The lowest BCUT2D eigenvalue weighted by atomic mass is 9.95. The van der Waals surface area contributed by atoms with Crippen LogP contribution in [-0.4, -0.2) is 63.9 Å². The Labute approximate surface area is 213 Å². The monoisotopic (exact) mass is 498 g/mol. The SMILES string of the molecule is C=CCCCCCCCCCCC[N+](CC(CC)C(=O)O)(CC(CC)C(=O)O)CC(CC)C(=O)O. The number of aliphatic carboxylic acids is 3. The molecule has 0 aliphatic rings. The second-order valence-corrected chi connectivity index (χ2v) is 10.2. The first kappa shape index (κ1) is 33.1. The minimum Gasteiger partial charge on any atom is -0.481 e. The standard InChI is InChI=1S/C28H51NO6/c1-5-9-10-11-12-13-14-15-16-17-18-19-29(20-23(6-2)26(30)31,21-24(7-3)27(32)33)22-25(8-4)28(34)35/h5,23-25H,1,6-22H2,2-4H3,(H2-,30,31,32,33,34,35)/p+1. The maximum atomic E-state index is 11.9. The predicted molar refractivity (Wildman–Crippen MR) is 140 cm³/mol. The lowest BCUT2D eigenvalue weighted by molar-refractivity contribution is -0.935. The molecule has 0 aromatic rings. The third kappa shape index (κ3) is 14.3. The zero-order valence-corrected chi connectivity index (χ0v) is 22.6. The van der Waals surface area contributed by atoms with Crippen molar-refractivity contribution in [2.45, 2.75) is 104 Å². The Morgan fingerprint density at radius 2 is 0.943 bits per heavy atom. The Hall–Kier alpha value is -1.89. The average Bonchev–Trinajstić information content (AvgIpc) is 2.82. The van der Waals surface area contributed by atoms with Gasteiger partial charge in [0.15, 0.2) is 0 Å². The summed E-state index contributed by atoms with van der Waals surface area (Å²) in [4.78, 5) is 35.7. The van der Waals surface area contributed by atoms with Gasteiger partial charge < -0.3 is 19.8 Å². The van der Waals surface area contributed by atoms with E-state index < -0.39 is 35.7 Å². The van der Waals surface area contributed by atoms with Gasteiger partial charge >= 0.3 is 17.9 Å². The van der Waals surface area contributed by atoms with Gasteiger partial charge in [-0.05, 0) is 44.9 Å². The second-order valence-electron chi connectivity index (χ2n) is 10.2. The molecule has 0 saturated heterocycles. The minimum absolute atomic E-state index is 0.254. The number of allylic oxidation sites excluding steroid dienone is 1. The van der Waals surface area contributed by atoms with Crippen LogP contribution in [0.25, 0.3) is 0 Å². The molecule has 0 saturated carbocycles. The van der Waals surface area contributed by atoms with Gasteiger partial charge in [-0.2, -0.15) is 0 Å². The number of quaternary nitrogens is 1. The number of carboxylic acid groups (broad SMARTS) is 3. The summed E-state index contributed by atoms with van der Waals surface area (Å²) in [5.41, 5.74) is 0. The van der Waals surface area contributed by atoms with Crippen LogP contribution in [0.5, 0.6) is 0 Å². The molecule has 0 fully saturated rings. The van der Waals surface area contributed by atoms with Gasteiger partial charge in [0.1, 0.15) is 17.8 Å². The van der Waals surface area contributed by atoms with Gasteiger partial charge in [-0.25, -0.2) is 0 Å². The zero-order chi connectivity index (χ0) is 26.7. The van der Waals surface area contributed by atoms with Crippen LogP contribution in [0.3, 0.4) is 0 Å². The zero-order valence-electron chi connectivity index (χ0n) is 22.6. The van der Waals surface area contributed by atoms with E-state index in [4.69, 9.17) is 0 Å². The Balaban J connectivity index is 5.30. The first-order chi connectivity index (χ1) is 16.7. The Bertz CT molecular complexity index is 561. The summed E-state index contributed by atoms with van der Waals surface area (Å²) < 4.78 is 0.254. The number of hydrogen-bond acceptors (Lipinski definition) is 3. The van der Waals surface area contributed by atoms with Gasteiger partial charge in [-0.15, -0.1) is 6.58 Å². The highest BCUT2D eigenvalue weighted by Gasteiger charge is 2.40. The van der Waals surface area contributed by atoms with Gasteiger partial charge in [0.2, 0.25) is 0 Å². The number of hydrogen-bond donors (Lipinski definition) is 3. The van der Waals surface area contributed by atoms with Crippen LogP contribution >= 0.6 is 0 Å². The number of rotatable bonds is 24. The first-order valence-corrected chi connectivity index (χ1v) is 13.8. The molecule has 0 aliphatic carbocycles. The van der Waals surface area contributed by atoms with E-state index in [9.17, 15) is 29.7 Å². The highest BCUT2D eigenvalue weighted by Crippen LogP contribution is 2.25. The molecule has 0 bridgehead atoms. The van der Waals surface area contributed by atoms with E-state index >= 15 is 0 Å². The summed E-state index contributed by atoms with van der Waals surface area (Å²) in [6, 6.07) is 0. The van der Waals surface area contributed by atoms with Crippen LogP contribution in [0.4, 0.5) is 0 Å². The van der Waals surface area contributed by atoms with Crippen molar-refractivity contribution in [3.05, 3.63) is 12.7 Å². The lowest BCUT2D eigenvalue weighted by Crippen LogP contribution is -2.58. The lowest BCUT2D eigenvalue weighted by Gasteiger charge is -2.43. The molecule has 0 spiro atoms. The maximum absolute atomic E-state index is 11.9. The van der Waals surface area contributed by atoms with Crippen molar-refractivity contribution in [3.8, 4) is 0 Å². The van der Waals surface area contributed by atoms with Crippen LogP contribution in [-0.2, 0) is 14.4 Å². The Morgan fingerprint density at radius 1 is 0.629 bits per heavy atom. The highest BCUT2D eigenvalue weighted by molar-refractivity contribution is 5.71. The highest BCUT2D eigenvalue weighted by atomic mass is 16.4. The van der Waals surface area contributed by atoms with Crippen LogP contribution in [0.2, 0.25) is 0 Å². The quantitative estimate of drug-likeness (QED) is 0.0827. The minimum atomic E-state index is -0.894. The van der Waals surface area contributed by atoms with Gasteiger partial charge in [-0.3, -0.25) is 14.4 Å². The fraction of sp³-hybridized carbons (Fsp3) is 0.821. The maximum Gasteiger partial charge on any atom is 0.312 e. The predicted octanol–water partition coefficient (Wildman–Crippen LogP) is 6.22. The summed E-state index contributed by atoms with van der Waals surface area (Å²) in [5.74, 6) is -4.53. The fourth-order valence-electron chi connectivity index (χ4n) is 5.02. The molecule has 0 amide bonds. The van der Waals surface area contributed by atoms with Gasteiger partial charge in [0.25, 0.3) is 0 Å². The van der Waals surface area contributed by atoms with Crippen molar-refractivity contribution in [2.75, 3.05) is 26.2 Å². The molecular formula is C28H52NO6+. The molecule has 3 unspecified atom stereocenters. The second kappa shape index (κ2) is 19.3. The molecule has 0 rings (SSSR count). The number of carboxylic acids is 3. The molecular weight excluding hydrogens is 446 g/mol. The van der Waals surface area contributed by atoms with E-state index in [-0.39, 0.29) is 24.1 Å². The van der Waals surface area contributed by atoms with Gasteiger partial charge in [0.05, 0.1) is 26.2 Å². The van der Waals surface area contributed by atoms with E-state index in [1.165, 1.54) is 32.1 Å². The summed E-state index contributed by atoms with van der Waals surface area (Å²) in [6.45, 7) is 10.7. The fourth-order valence-corrected chi connectivity index (χ4v) is 5.02. The molecule has 204 valence electrons. The van der Waals surface area contributed by atoms with Crippen LogP contribution in [0, 0.1) is 17.8 Å². The Kier molecular flexibility index (Phi) is 18.3. The normalized spacial score (nSPS) is 15.6. The summed E-state index contributed by atoms with van der Waals surface area (Å²) in [6.07, 6.45) is 14.6. The number of nitrogens with zero attached hydrogens (tertiary/aromatic N) is 1. The van der Waals surface area contributed by atoms with Crippen LogP contribution in [0.1, 0.15) is 104 Å². The molecule has 7 nitrogen and oxygen atoms in total. The molecule has 0 heterocycles. The molecule has 0 aliphatic heterocycles. The molecule has 0 aromatic heterocycles. The van der Waals surface area contributed by atoms with Crippen molar-refractivity contribution in [3.63, 3.8) is 0 Å². The number of unbranched alkanes of at least 4 members (excludes halogenated alkanes) is 9. The smallest absolute Gasteiger partial charge is 0.312 e. The van der Waals surface area contributed by atoms with E-state index in [1.54, 1.807) is 0 Å². The molecule has 0 radical (unpaired) electrons. The van der Waals surface area contributed by atoms with Crippen molar-refractivity contribution >= 4 is 17.9 Å². The molecule has 35 heavy (non-hydrogen) atoms. The third-order valence-corrected chi connectivity index (χ3v) is 7.39. The molecule has 0 aromatic carbocycles. The van der Waals surface area contributed by atoms with Crippen LogP contribution in [0.15, 0.2) is 12.7 Å². The first-order valence-electron chi connectivity index (χ1n) is 13.8. The van der Waals surface area contributed by atoms with Crippen molar-refractivity contribution in [2.24, 2.45) is 17.8 Å². The third-order valence-electron chi connectivity index (χ3n) is 7.39. The topological polar surface area (TPSA) is 112 Å². The summed E-state index contributed by atoms with van der Waals surface area (Å²) in [7, 11) is 0. The summed E-state index contributed by atoms with van der Waals surface area (Å²) >= 11 is 0. The van der Waals surface area contributed by atoms with E-state index in [0.717, 1.165) is 32.1 Å².